The van der Waals surface area contributed by atoms with Crippen molar-refractivity contribution in [2.45, 2.75) is 6.92 Å². The van der Waals surface area contributed by atoms with Crippen LogP contribution in [0.1, 0.15) is 5.56 Å². The van der Waals surface area contributed by atoms with Crippen LogP contribution in [0.25, 0.3) is 55.3 Å². The molecule has 0 unspecified atom stereocenters. The summed E-state index contributed by atoms with van der Waals surface area (Å²) in [5.41, 5.74) is 7.79. The van der Waals surface area contributed by atoms with Crippen molar-refractivity contribution in [2.24, 2.45) is 0 Å². The molecule has 4 aromatic carbocycles. The van der Waals surface area contributed by atoms with Gasteiger partial charge in [0.25, 0.3) is 0 Å². The van der Waals surface area contributed by atoms with Crippen LogP contribution in [0.5, 0.6) is 5.75 Å². The lowest BCUT2D eigenvalue weighted by Gasteiger charge is -2.10. The van der Waals surface area contributed by atoms with Crippen molar-refractivity contribution in [3.05, 3.63) is 113 Å². The highest BCUT2D eigenvalue weighted by Crippen LogP contribution is 2.39. The minimum Gasteiger partial charge on any atom is -0.497 e. The van der Waals surface area contributed by atoms with Crippen LogP contribution in [0.2, 0.25) is 0 Å². The van der Waals surface area contributed by atoms with E-state index < -0.39 is 5.63 Å². The fraction of sp³-hybridized carbons (Fsp3) is 0.0645. The highest BCUT2D eigenvalue weighted by Gasteiger charge is 2.18. The second kappa shape index (κ2) is 8.33. The van der Waals surface area contributed by atoms with Crippen molar-refractivity contribution in [1.29, 1.82) is 0 Å². The lowest BCUT2D eigenvalue weighted by atomic mass is 9.95. The molecule has 35 heavy (non-hydrogen) atoms. The van der Waals surface area contributed by atoms with Crippen LogP contribution in [0, 0.1) is 6.92 Å². The largest absolute Gasteiger partial charge is 0.497 e. The minimum atomic E-state index is -0.394. The van der Waals surface area contributed by atoms with Crippen molar-refractivity contribution in [3.8, 4) is 39.1 Å². The first-order chi connectivity index (χ1) is 17.1. The van der Waals surface area contributed by atoms with Crippen LogP contribution < -0.4 is 10.4 Å². The summed E-state index contributed by atoms with van der Waals surface area (Å²) in [6.07, 6.45) is 1.78. The number of methoxy groups -OCH3 is 1. The molecule has 0 N–H and O–H groups in total. The van der Waals surface area contributed by atoms with Gasteiger partial charge in [0, 0.05) is 28.0 Å². The van der Waals surface area contributed by atoms with Gasteiger partial charge in [-0.1, -0.05) is 66.7 Å². The van der Waals surface area contributed by atoms with E-state index in [9.17, 15) is 4.79 Å². The van der Waals surface area contributed by atoms with Crippen molar-refractivity contribution in [2.75, 3.05) is 7.11 Å². The lowest BCUT2D eigenvalue weighted by molar-refractivity contribution is 0.415. The van der Waals surface area contributed by atoms with E-state index in [-0.39, 0.29) is 0 Å². The molecule has 0 amide bonds. The quantitative estimate of drug-likeness (QED) is 0.252. The number of ether oxygens (including phenoxy) is 1. The molecule has 6 aromatic rings. The number of rotatable bonds is 4. The lowest BCUT2D eigenvalue weighted by Crippen LogP contribution is -1.99. The summed E-state index contributed by atoms with van der Waals surface area (Å²) in [6.45, 7) is 1.93. The SMILES string of the molecule is COc1ccc(-c2cc(=O)oc3c(C)c4occ(-c5ccc(-c6ccccc6)cc5)c4cc23)cc1. The Morgan fingerprint density at radius 1 is 0.657 bits per heavy atom. The first kappa shape index (κ1) is 21.0. The number of hydrogen-bond acceptors (Lipinski definition) is 4. The molecule has 2 heterocycles. The summed E-state index contributed by atoms with van der Waals surface area (Å²) >= 11 is 0. The van der Waals surface area contributed by atoms with Crippen LogP contribution in [0.15, 0.2) is 111 Å². The third-order valence-electron chi connectivity index (χ3n) is 6.50. The minimum absolute atomic E-state index is 0.394. The fourth-order valence-corrected chi connectivity index (χ4v) is 4.68. The van der Waals surface area contributed by atoms with Crippen molar-refractivity contribution < 1.29 is 13.6 Å². The van der Waals surface area contributed by atoms with E-state index in [2.05, 4.69) is 42.5 Å². The highest BCUT2D eigenvalue weighted by molar-refractivity contribution is 6.08. The fourth-order valence-electron chi connectivity index (χ4n) is 4.68. The average Bonchev–Trinajstić information content (AvgIpc) is 3.34. The maximum atomic E-state index is 12.4. The van der Waals surface area contributed by atoms with Gasteiger partial charge in [0.2, 0.25) is 0 Å². The average molecular weight is 459 g/mol. The van der Waals surface area contributed by atoms with Crippen molar-refractivity contribution in [1.82, 2.24) is 0 Å². The van der Waals surface area contributed by atoms with Gasteiger partial charge in [-0.15, -0.1) is 0 Å². The molecule has 170 valence electrons. The summed E-state index contributed by atoms with van der Waals surface area (Å²) in [5, 5.41) is 1.84. The number of fused-ring (bicyclic) bond motifs is 2. The molecule has 4 heteroatoms. The molecular weight excluding hydrogens is 436 g/mol. The molecule has 0 atom stereocenters. The number of furan rings is 1. The predicted octanol–water partition coefficient (Wildman–Crippen LogP) is 7.86. The van der Waals surface area contributed by atoms with Gasteiger partial charge in [0.05, 0.1) is 13.4 Å². The number of benzene rings is 4. The molecule has 4 nitrogen and oxygen atoms in total. The van der Waals surface area contributed by atoms with Gasteiger partial charge >= 0.3 is 5.63 Å². The Bertz CT molecular complexity index is 1720. The Labute approximate surface area is 202 Å². The zero-order valence-electron chi connectivity index (χ0n) is 19.4. The normalized spacial score (nSPS) is 11.3. The standard InChI is InChI=1S/C31H22O4/c1-19-30-27(28(18-34-30)23-10-8-21(9-11-23)20-6-4-3-5-7-20)16-26-25(17-29(32)35-31(19)26)22-12-14-24(33-2)15-13-22/h3-18H,1-2H3. The molecule has 0 radical (unpaired) electrons. The van der Waals surface area contributed by atoms with Crippen LogP contribution in [-0.4, -0.2) is 7.11 Å². The second-order valence-corrected chi connectivity index (χ2v) is 8.56. The van der Waals surface area contributed by atoms with E-state index >= 15 is 0 Å². The molecule has 6 rings (SSSR count). The first-order valence-electron chi connectivity index (χ1n) is 11.4. The molecule has 0 saturated heterocycles. The number of hydrogen-bond donors (Lipinski definition) is 0. The van der Waals surface area contributed by atoms with Gasteiger partial charge in [-0.25, -0.2) is 4.79 Å². The van der Waals surface area contributed by atoms with Crippen LogP contribution in [0.4, 0.5) is 0 Å². The molecule has 2 aromatic heterocycles. The monoisotopic (exact) mass is 458 g/mol. The van der Waals surface area contributed by atoms with Gasteiger partial charge in [-0.2, -0.15) is 0 Å². The highest BCUT2D eigenvalue weighted by atomic mass is 16.5. The van der Waals surface area contributed by atoms with Gasteiger partial charge < -0.3 is 13.6 Å². The van der Waals surface area contributed by atoms with Crippen LogP contribution in [0.3, 0.4) is 0 Å². The van der Waals surface area contributed by atoms with Gasteiger partial charge in [0.1, 0.15) is 16.9 Å². The van der Waals surface area contributed by atoms with E-state index in [1.807, 2.05) is 49.4 Å². The third-order valence-corrected chi connectivity index (χ3v) is 6.50. The summed E-state index contributed by atoms with van der Waals surface area (Å²) in [6, 6.07) is 30.1. The summed E-state index contributed by atoms with van der Waals surface area (Å²) in [4.78, 5) is 12.4. The Balaban J connectivity index is 1.53. The molecule has 0 bridgehead atoms. The maximum Gasteiger partial charge on any atom is 0.336 e. The zero-order valence-corrected chi connectivity index (χ0v) is 19.4. The summed E-state index contributed by atoms with van der Waals surface area (Å²) < 4.78 is 16.9. The molecule has 0 aliphatic carbocycles. The van der Waals surface area contributed by atoms with E-state index in [0.29, 0.717) is 5.58 Å². The third kappa shape index (κ3) is 3.60. The van der Waals surface area contributed by atoms with E-state index in [1.54, 1.807) is 19.4 Å². The van der Waals surface area contributed by atoms with E-state index in [0.717, 1.165) is 55.5 Å². The molecular formula is C31H22O4. The summed E-state index contributed by atoms with van der Waals surface area (Å²) in [5.74, 6) is 0.760. The van der Waals surface area contributed by atoms with E-state index in [4.69, 9.17) is 13.6 Å². The second-order valence-electron chi connectivity index (χ2n) is 8.56. The molecule has 0 saturated carbocycles. The molecule has 0 spiro atoms. The Hall–Kier alpha value is -4.57. The molecule has 0 fully saturated rings. The van der Waals surface area contributed by atoms with Crippen molar-refractivity contribution in [3.63, 3.8) is 0 Å². The topological polar surface area (TPSA) is 52.6 Å². The number of aryl methyl sites for hydroxylation is 1. The Kier molecular flexibility index (Phi) is 5.00. The van der Waals surface area contributed by atoms with Gasteiger partial charge in [0.15, 0.2) is 0 Å². The maximum absolute atomic E-state index is 12.4. The van der Waals surface area contributed by atoms with E-state index in [1.165, 1.54) is 5.56 Å². The molecule has 0 aliphatic heterocycles. The van der Waals surface area contributed by atoms with Crippen molar-refractivity contribution >= 4 is 21.9 Å². The van der Waals surface area contributed by atoms with Crippen LogP contribution >= 0.6 is 0 Å². The predicted molar refractivity (Wildman–Crippen MR) is 140 cm³/mol. The smallest absolute Gasteiger partial charge is 0.336 e. The van der Waals surface area contributed by atoms with Gasteiger partial charge in [-0.05, 0) is 52.9 Å². The zero-order chi connectivity index (χ0) is 23.9. The Morgan fingerprint density at radius 2 is 1.26 bits per heavy atom. The summed E-state index contributed by atoms with van der Waals surface area (Å²) in [7, 11) is 1.63. The Morgan fingerprint density at radius 3 is 1.97 bits per heavy atom. The first-order valence-corrected chi connectivity index (χ1v) is 11.4. The van der Waals surface area contributed by atoms with Crippen LogP contribution in [-0.2, 0) is 0 Å². The van der Waals surface area contributed by atoms with Gasteiger partial charge in [-0.3, -0.25) is 0 Å². The molecule has 0 aliphatic rings.